The van der Waals surface area contributed by atoms with E-state index in [0.717, 1.165) is 23.9 Å². The average molecular weight is 465 g/mol. The number of hydrogen-bond donors (Lipinski definition) is 0. The number of carbonyl (C=O) groups excluding carboxylic acids is 1. The van der Waals surface area contributed by atoms with Gasteiger partial charge in [-0.1, -0.05) is 6.07 Å². The minimum atomic E-state index is -3.85. The van der Waals surface area contributed by atoms with E-state index in [1.165, 1.54) is 22.2 Å². The van der Waals surface area contributed by atoms with E-state index in [1.54, 1.807) is 12.1 Å². The third-order valence-corrected chi connectivity index (χ3v) is 7.63. The molecule has 162 valence electrons. The van der Waals surface area contributed by atoms with Crippen LogP contribution in [0.5, 0.6) is 0 Å². The standard InChI is InChI=1S/C18H16FN5O5S2/c1-11-13(19)9-12(10-15(11)24(26)27)18(25)22-5-7-23(8-6-22)31(28,29)16-4-2-3-14-17(16)21-30-20-14/h2-4,9-10H,5-8H2,1H3. The number of carbonyl (C=O) groups is 1. The predicted octanol–water partition coefficient (Wildman–Crippen LogP) is 2.19. The smallest absolute Gasteiger partial charge is 0.276 e. The second-order valence-corrected chi connectivity index (χ2v) is 9.38. The lowest BCUT2D eigenvalue weighted by molar-refractivity contribution is -0.385. The highest BCUT2D eigenvalue weighted by Crippen LogP contribution is 2.27. The molecule has 1 saturated heterocycles. The van der Waals surface area contributed by atoms with Crippen molar-refractivity contribution in [2.24, 2.45) is 0 Å². The summed E-state index contributed by atoms with van der Waals surface area (Å²) in [5.74, 6) is -1.44. The van der Waals surface area contributed by atoms with E-state index in [9.17, 15) is 27.7 Å². The van der Waals surface area contributed by atoms with Gasteiger partial charge in [0.1, 0.15) is 21.7 Å². The molecule has 2 aromatic carbocycles. The quantitative estimate of drug-likeness (QED) is 0.427. The van der Waals surface area contributed by atoms with Crippen molar-refractivity contribution in [1.82, 2.24) is 18.0 Å². The van der Waals surface area contributed by atoms with E-state index in [0.29, 0.717) is 11.0 Å². The molecule has 0 unspecified atom stereocenters. The summed E-state index contributed by atoms with van der Waals surface area (Å²) in [5.41, 5.74) is 0.0125. The number of nitro groups is 1. The molecule has 0 atom stereocenters. The second kappa shape index (κ2) is 7.90. The van der Waals surface area contributed by atoms with Crippen LogP contribution in [0.2, 0.25) is 0 Å². The van der Waals surface area contributed by atoms with E-state index >= 15 is 0 Å². The van der Waals surface area contributed by atoms with Crippen LogP contribution < -0.4 is 0 Å². The molecule has 1 aliphatic heterocycles. The van der Waals surface area contributed by atoms with Crippen molar-refractivity contribution in [1.29, 1.82) is 0 Å². The molecule has 0 spiro atoms. The lowest BCUT2D eigenvalue weighted by Gasteiger charge is -2.34. The van der Waals surface area contributed by atoms with E-state index < -0.39 is 32.4 Å². The predicted molar refractivity (Wildman–Crippen MR) is 110 cm³/mol. The first-order valence-electron chi connectivity index (χ1n) is 9.15. The molecule has 0 bridgehead atoms. The summed E-state index contributed by atoms with van der Waals surface area (Å²) in [6.07, 6.45) is 0. The molecule has 1 fully saturated rings. The first kappa shape index (κ1) is 21.2. The molecule has 2 heterocycles. The van der Waals surface area contributed by atoms with Gasteiger partial charge in [0.25, 0.3) is 11.6 Å². The molecule has 0 aliphatic carbocycles. The Morgan fingerprint density at radius 2 is 1.90 bits per heavy atom. The molecule has 10 nitrogen and oxygen atoms in total. The van der Waals surface area contributed by atoms with E-state index in [2.05, 4.69) is 8.75 Å². The maximum absolute atomic E-state index is 14.1. The zero-order valence-corrected chi connectivity index (χ0v) is 17.8. The van der Waals surface area contributed by atoms with Gasteiger partial charge in [0.05, 0.1) is 22.2 Å². The van der Waals surface area contributed by atoms with Crippen LogP contribution in [0.15, 0.2) is 35.2 Å². The van der Waals surface area contributed by atoms with Gasteiger partial charge in [0.2, 0.25) is 10.0 Å². The Bertz CT molecular complexity index is 1300. The zero-order valence-electron chi connectivity index (χ0n) is 16.2. The Hall–Kier alpha value is -3.03. The average Bonchev–Trinajstić information content (AvgIpc) is 3.23. The summed E-state index contributed by atoms with van der Waals surface area (Å²) in [5, 5.41) is 11.1. The Morgan fingerprint density at radius 1 is 1.19 bits per heavy atom. The molecule has 31 heavy (non-hydrogen) atoms. The lowest BCUT2D eigenvalue weighted by atomic mass is 10.1. The van der Waals surface area contributed by atoms with E-state index in [-0.39, 0.29) is 42.2 Å². The Balaban J connectivity index is 1.53. The van der Waals surface area contributed by atoms with Crippen LogP contribution in [0.1, 0.15) is 15.9 Å². The molecular formula is C18H16FN5O5S2. The first-order valence-corrected chi connectivity index (χ1v) is 11.3. The van der Waals surface area contributed by atoms with Gasteiger partial charge in [-0.2, -0.15) is 13.1 Å². The highest BCUT2D eigenvalue weighted by Gasteiger charge is 2.33. The van der Waals surface area contributed by atoms with Gasteiger partial charge in [-0.05, 0) is 25.1 Å². The molecular weight excluding hydrogens is 449 g/mol. The van der Waals surface area contributed by atoms with E-state index in [4.69, 9.17) is 0 Å². The van der Waals surface area contributed by atoms with Gasteiger partial charge < -0.3 is 4.90 Å². The van der Waals surface area contributed by atoms with Gasteiger partial charge >= 0.3 is 0 Å². The van der Waals surface area contributed by atoms with Crippen molar-refractivity contribution in [2.75, 3.05) is 26.2 Å². The van der Waals surface area contributed by atoms with Crippen molar-refractivity contribution in [3.8, 4) is 0 Å². The van der Waals surface area contributed by atoms with Gasteiger partial charge in [-0.3, -0.25) is 14.9 Å². The third-order valence-electron chi connectivity index (χ3n) is 5.15. The van der Waals surface area contributed by atoms with Crippen molar-refractivity contribution in [3.05, 3.63) is 57.4 Å². The highest BCUT2D eigenvalue weighted by molar-refractivity contribution is 7.89. The normalized spacial score (nSPS) is 15.4. The minimum absolute atomic E-state index is 0.0263. The molecule has 1 aromatic heterocycles. The summed E-state index contributed by atoms with van der Waals surface area (Å²) in [6.45, 7) is 1.44. The number of sulfonamides is 1. The van der Waals surface area contributed by atoms with Crippen LogP contribution in [-0.4, -0.2) is 63.4 Å². The molecule has 0 saturated carbocycles. The van der Waals surface area contributed by atoms with Crippen molar-refractivity contribution in [2.45, 2.75) is 11.8 Å². The molecule has 1 aliphatic rings. The third kappa shape index (κ3) is 3.75. The molecule has 4 rings (SSSR count). The number of halogens is 1. The number of hydrogen-bond acceptors (Lipinski definition) is 8. The van der Waals surface area contributed by atoms with Gasteiger partial charge in [-0.15, -0.1) is 0 Å². The fourth-order valence-corrected chi connectivity index (χ4v) is 5.59. The number of amides is 1. The van der Waals surface area contributed by atoms with Crippen LogP contribution in [0.25, 0.3) is 11.0 Å². The van der Waals surface area contributed by atoms with Crippen molar-refractivity contribution in [3.63, 3.8) is 0 Å². The van der Waals surface area contributed by atoms with Crippen LogP contribution in [0.3, 0.4) is 0 Å². The summed E-state index contributed by atoms with van der Waals surface area (Å²) >= 11 is 0.923. The maximum Gasteiger partial charge on any atom is 0.276 e. The fourth-order valence-electron chi connectivity index (χ4n) is 3.42. The number of benzene rings is 2. The maximum atomic E-state index is 14.1. The Morgan fingerprint density at radius 3 is 2.58 bits per heavy atom. The van der Waals surface area contributed by atoms with Crippen LogP contribution in [0, 0.1) is 22.9 Å². The van der Waals surface area contributed by atoms with Gasteiger partial charge in [0.15, 0.2) is 0 Å². The SMILES string of the molecule is Cc1c(F)cc(C(=O)N2CCN(S(=O)(=O)c3cccc4nsnc34)CC2)cc1[N+](=O)[O-]. The largest absolute Gasteiger partial charge is 0.336 e. The lowest BCUT2D eigenvalue weighted by Crippen LogP contribution is -2.50. The highest BCUT2D eigenvalue weighted by atomic mass is 32.2. The minimum Gasteiger partial charge on any atom is -0.336 e. The summed E-state index contributed by atoms with van der Waals surface area (Å²) in [4.78, 5) is 24.5. The second-order valence-electron chi connectivity index (χ2n) is 6.94. The van der Waals surface area contributed by atoms with Crippen LogP contribution >= 0.6 is 11.7 Å². The van der Waals surface area contributed by atoms with Crippen LogP contribution in [0.4, 0.5) is 10.1 Å². The molecule has 3 aromatic rings. The summed E-state index contributed by atoms with van der Waals surface area (Å²) in [6, 6.07) is 6.73. The number of fused-ring (bicyclic) bond motifs is 1. The Kier molecular flexibility index (Phi) is 5.41. The molecule has 13 heteroatoms. The molecule has 0 N–H and O–H groups in total. The number of nitrogens with zero attached hydrogens (tertiary/aromatic N) is 5. The van der Waals surface area contributed by atoms with Gasteiger partial charge in [0, 0.05) is 37.8 Å². The van der Waals surface area contributed by atoms with Crippen molar-refractivity contribution >= 4 is 44.4 Å². The molecule has 1 amide bonds. The topological polar surface area (TPSA) is 127 Å². The Labute approximate surface area is 180 Å². The first-order chi connectivity index (χ1) is 14.7. The monoisotopic (exact) mass is 465 g/mol. The number of rotatable bonds is 4. The fraction of sp³-hybridized carbons (Fsp3) is 0.278. The molecule has 0 radical (unpaired) electrons. The van der Waals surface area contributed by atoms with Crippen molar-refractivity contribution < 1.29 is 22.5 Å². The summed E-state index contributed by atoms with van der Waals surface area (Å²) < 4.78 is 49.6. The van der Waals surface area contributed by atoms with E-state index in [1.807, 2.05) is 0 Å². The number of nitro benzene ring substituents is 1. The van der Waals surface area contributed by atoms with Crippen LogP contribution in [-0.2, 0) is 10.0 Å². The number of aromatic nitrogens is 2. The summed E-state index contributed by atoms with van der Waals surface area (Å²) in [7, 11) is -3.85. The van der Waals surface area contributed by atoms with Gasteiger partial charge in [-0.25, -0.2) is 12.8 Å². The zero-order chi connectivity index (χ0) is 22.3. The number of piperazine rings is 1.